The van der Waals surface area contributed by atoms with Crippen molar-refractivity contribution in [2.75, 3.05) is 0 Å². The van der Waals surface area contributed by atoms with E-state index in [1.54, 1.807) is 0 Å². The third kappa shape index (κ3) is 8.95. The van der Waals surface area contributed by atoms with Crippen LogP contribution in [-0.2, 0) is 20.8 Å². The molecule has 6 rings (SSSR count). The van der Waals surface area contributed by atoms with Gasteiger partial charge in [-0.05, 0) is 86.0 Å². The summed E-state index contributed by atoms with van der Waals surface area (Å²) in [5.41, 5.74) is 7.97. The van der Waals surface area contributed by atoms with E-state index >= 15 is 4.57 Å². The molecule has 0 saturated carbocycles. The summed E-state index contributed by atoms with van der Waals surface area (Å²) in [5.74, 6) is 1.32. The molecule has 0 aromatic heterocycles. The number of hydrogen-bond acceptors (Lipinski definition) is 4. The maximum Gasteiger partial charge on any atom is 0.647 e. The first-order valence-electron chi connectivity index (χ1n) is 18.3. The summed E-state index contributed by atoms with van der Waals surface area (Å²) in [4.78, 5) is 0. The average molecular weight is 723 g/mol. The third-order valence-corrected chi connectivity index (χ3v) is 10.6. The van der Waals surface area contributed by atoms with Crippen molar-refractivity contribution in [2.24, 2.45) is 0 Å². The molecule has 4 nitrogen and oxygen atoms in total. The zero-order valence-electron chi connectivity index (χ0n) is 32.4. The molecule has 0 heterocycles. The Kier molecular flexibility index (Phi) is 10.5. The molecule has 0 saturated heterocycles. The standard InChI is InChI=1S/C48H51O4P/c1-46(2,3)40-31-37(34-19-13-10-14-20-34)25-28-43(40)50-53(49,51-44-29-26-38(32-41(44)47(4,5)6)35-21-15-11-16-22-35)52-45-30-27-39(33-42(45)48(7,8)9)36-23-17-12-18-24-36/h10-33H,1-9H3. The summed E-state index contributed by atoms with van der Waals surface area (Å²) >= 11 is 0. The monoisotopic (exact) mass is 722 g/mol. The molecule has 0 bridgehead atoms. The minimum Gasteiger partial charge on any atom is -0.386 e. The highest BCUT2D eigenvalue weighted by Crippen LogP contribution is 2.55. The van der Waals surface area contributed by atoms with Gasteiger partial charge in [0.15, 0.2) is 0 Å². The summed E-state index contributed by atoms with van der Waals surface area (Å²) in [5, 5.41) is 0. The maximum atomic E-state index is 15.6. The van der Waals surface area contributed by atoms with E-state index in [1.165, 1.54) is 0 Å². The third-order valence-electron chi connectivity index (χ3n) is 9.31. The van der Waals surface area contributed by atoms with Gasteiger partial charge >= 0.3 is 7.82 Å². The molecule has 0 radical (unpaired) electrons. The molecule has 0 amide bonds. The van der Waals surface area contributed by atoms with Crippen LogP contribution in [0, 0.1) is 0 Å². The van der Waals surface area contributed by atoms with Gasteiger partial charge in [-0.2, -0.15) is 4.57 Å². The number of phosphoric ester groups is 1. The van der Waals surface area contributed by atoms with Crippen molar-refractivity contribution in [3.63, 3.8) is 0 Å². The molecule has 0 fully saturated rings. The number of hydrogen-bond donors (Lipinski definition) is 0. The zero-order valence-corrected chi connectivity index (χ0v) is 33.3. The second-order valence-corrected chi connectivity index (χ2v) is 18.1. The molecule has 0 aliphatic rings. The van der Waals surface area contributed by atoms with Crippen LogP contribution in [0.4, 0.5) is 0 Å². The Balaban J connectivity index is 1.50. The summed E-state index contributed by atoms with van der Waals surface area (Å²) in [6, 6.07) is 48.6. The Bertz CT molecular complexity index is 1970. The lowest BCUT2D eigenvalue weighted by atomic mass is 9.84. The van der Waals surface area contributed by atoms with E-state index in [2.05, 4.69) is 117 Å². The van der Waals surface area contributed by atoms with E-state index in [4.69, 9.17) is 13.6 Å². The quantitative estimate of drug-likeness (QED) is 0.139. The van der Waals surface area contributed by atoms with Crippen LogP contribution in [0.2, 0.25) is 0 Å². The molecule has 0 aliphatic carbocycles. The lowest BCUT2D eigenvalue weighted by molar-refractivity contribution is 0.291. The van der Waals surface area contributed by atoms with Gasteiger partial charge in [0.2, 0.25) is 0 Å². The van der Waals surface area contributed by atoms with Gasteiger partial charge in [-0.15, -0.1) is 0 Å². The lowest BCUT2D eigenvalue weighted by Gasteiger charge is -2.30. The molecule has 0 atom stereocenters. The highest BCUT2D eigenvalue weighted by Gasteiger charge is 2.39. The SMILES string of the molecule is CC(C)(C)c1cc(-c2ccccc2)ccc1OP(=O)(Oc1ccc(-c2ccccc2)cc1C(C)(C)C)Oc1ccc(-c2ccccc2)cc1C(C)(C)C. The van der Waals surface area contributed by atoms with Crippen molar-refractivity contribution >= 4 is 7.82 Å². The molecule has 0 aliphatic heterocycles. The molecule has 0 spiro atoms. The highest BCUT2D eigenvalue weighted by molar-refractivity contribution is 7.49. The zero-order chi connectivity index (χ0) is 38.0. The van der Waals surface area contributed by atoms with Crippen LogP contribution < -0.4 is 13.6 Å². The van der Waals surface area contributed by atoms with Crippen LogP contribution >= 0.6 is 7.82 Å². The van der Waals surface area contributed by atoms with E-state index < -0.39 is 7.82 Å². The Morgan fingerprint density at radius 3 is 0.811 bits per heavy atom. The fraction of sp³-hybridized carbons (Fsp3) is 0.250. The van der Waals surface area contributed by atoms with Gasteiger partial charge in [0.25, 0.3) is 0 Å². The molecule has 53 heavy (non-hydrogen) atoms. The molecule has 272 valence electrons. The molecular weight excluding hydrogens is 671 g/mol. The first-order valence-corrected chi connectivity index (χ1v) is 19.7. The van der Waals surface area contributed by atoms with Crippen molar-refractivity contribution in [2.45, 2.75) is 78.6 Å². The first-order chi connectivity index (χ1) is 25.0. The minimum atomic E-state index is -4.44. The van der Waals surface area contributed by atoms with E-state index in [0.717, 1.165) is 50.1 Å². The van der Waals surface area contributed by atoms with Gasteiger partial charge in [-0.3, -0.25) is 0 Å². The number of rotatable bonds is 9. The van der Waals surface area contributed by atoms with Crippen molar-refractivity contribution < 1.29 is 18.1 Å². The Labute approximate surface area is 316 Å². The van der Waals surface area contributed by atoms with Crippen molar-refractivity contribution in [1.29, 1.82) is 0 Å². The van der Waals surface area contributed by atoms with Gasteiger partial charge in [0, 0.05) is 16.7 Å². The Hall–Kier alpha value is -5.05. The van der Waals surface area contributed by atoms with Crippen molar-refractivity contribution in [3.05, 3.63) is 162 Å². The lowest BCUT2D eigenvalue weighted by Crippen LogP contribution is -2.19. The van der Waals surface area contributed by atoms with Gasteiger partial charge in [0.05, 0.1) is 0 Å². The largest absolute Gasteiger partial charge is 0.647 e. The van der Waals surface area contributed by atoms with E-state index in [1.807, 2.05) is 91.0 Å². The number of phosphoric acid groups is 1. The Morgan fingerprint density at radius 1 is 0.340 bits per heavy atom. The maximum absolute atomic E-state index is 15.6. The summed E-state index contributed by atoms with van der Waals surface area (Å²) in [6.07, 6.45) is 0. The van der Waals surface area contributed by atoms with Crippen LogP contribution in [0.5, 0.6) is 17.2 Å². The van der Waals surface area contributed by atoms with Gasteiger partial charge in [-0.25, -0.2) is 0 Å². The summed E-state index contributed by atoms with van der Waals surface area (Å²) in [6.45, 7) is 19.1. The van der Waals surface area contributed by atoms with Crippen LogP contribution in [-0.4, -0.2) is 0 Å². The van der Waals surface area contributed by atoms with Crippen molar-refractivity contribution in [1.82, 2.24) is 0 Å². The second-order valence-electron chi connectivity index (χ2n) is 16.7. The summed E-state index contributed by atoms with van der Waals surface area (Å²) in [7, 11) is -4.44. The van der Waals surface area contributed by atoms with E-state index in [0.29, 0.717) is 17.2 Å². The average Bonchev–Trinajstić information content (AvgIpc) is 3.12. The molecule has 0 N–H and O–H groups in total. The fourth-order valence-electron chi connectivity index (χ4n) is 6.43. The minimum absolute atomic E-state index is 0.354. The normalized spacial score (nSPS) is 12.3. The van der Waals surface area contributed by atoms with Gasteiger partial charge in [-0.1, -0.05) is 172 Å². The number of benzene rings is 6. The molecule has 5 heteroatoms. The first kappa shape index (κ1) is 37.7. The van der Waals surface area contributed by atoms with Crippen LogP contribution in [0.15, 0.2) is 146 Å². The van der Waals surface area contributed by atoms with Gasteiger partial charge in [0.1, 0.15) is 17.2 Å². The van der Waals surface area contributed by atoms with Crippen LogP contribution in [0.25, 0.3) is 33.4 Å². The fourth-order valence-corrected chi connectivity index (χ4v) is 7.75. The topological polar surface area (TPSA) is 44.8 Å². The van der Waals surface area contributed by atoms with Gasteiger partial charge < -0.3 is 13.6 Å². The molecular formula is C48H51O4P. The predicted molar refractivity (Wildman–Crippen MR) is 221 cm³/mol. The summed E-state index contributed by atoms with van der Waals surface area (Å²) < 4.78 is 35.5. The van der Waals surface area contributed by atoms with Crippen molar-refractivity contribution in [3.8, 4) is 50.6 Å². The molecule has 6 aromatic carbocycles. The molecule has 6 aromatic rings. The van der Waals surface area contributed by atoms with Crippen LogP contribution in [0.3, 0.4) is 0 Å². The second kappa shape index (κ2) is 14.8. The van der Waals surface area contributed by atoms with E-state index in [9.17, 15) is 0 Å². The van der Waals surface area contributed by atoms with Crippen LogP contribution in [0.1, 0.15) is 79.0 Å². The smallest absolute Gasteiger partial charge is 0.386 e. The van der Waals surface area contributed by atoms with E-state index in [-0.39, 0.29) is 16.2 Å². The predicted octanol–water partition coefficient (Wildman–Crippen LogP) is 14.2. The molecule has 0 unspecified atom stereocenters. The highest BCUT2D eigenvalue weighted by atomic mass is 31.2. The Morgan fingerprint density at radius 2 is 0.585 bits per heavy atom.